The molecule has 0 aliphatic rings. The van der Waals surface area contributed by atoms with E-state index in [4.69, 9.17) is 11.6 Å². The van der Waals surface area contributed by atoms with E-state index in [0.717, 1.165) is 17.4 Å². The monoisotopic (exact) mass is 380 g/mol. The molecule has 0 radical (unpaired) electrons. The molecule has 2 rings (SSSR count). The predicted molar refractivity (Wildman–Crippen MR) is 102 cm³/mol. The van der Waals surface area contributed by atoms with E-state index in [1.807, 2.05) is 32.9 Å². The molecule has 0 unspecified atom stereocenters. The summed E-state index contributed by atoms with van der Waals surface area (Å²) in [5.74, 6) is -0.278. The predicted octanol–water partition coefficient (Wildman–Crippen LogP) is 3.82. The van der Waals surface area contributed by atoms with Crippen molar-refractivity contribution in [2.75, 3.05) is 11.0 Å². The number of aryl methyl sites for hydroxylation is 2. The normalized spacial score (nSPS) is 12.5. The quantitative estimate of drug-likeness (QED) is 0.827. The van der Waals surface area contributed by atoms with Gasteiger partial charge >= 0.3 is 0 Å². The maximum absolute atomic E-state index is 12.4. The molecule has 0 fully saturated rings. The highest BCUT2D eigenvalue weighted by molar-refractivity contribution is 7.92. The van der Waals surface area contributed by atoms with E-state index in [9.17, 15) is 13.2 Å². The van der Waals surface area contributed by atoms with Crippen LogP contribution in [-0.2, 0) is 10.0 Å². The minimum atomic E-state index is -3.43. The highest BCUT2D eigenvalue weighted by atomic mass is 35.5. The van der Waals surface area contributed by atoms with Gasteiger partial charge in [-0.25, -0.2) is 8.42 Å². The van der Waals surface area contributed by atoms with Crippen molar-refractivity contribution in [3.05, 3.63) is 63.7 Å². The van der Waals surface area contributed by atoms with E-state index in [1.54, 1.807) is 0 Å². The Hall–Kier alpha value is -2.05. The molecule has 1 amide bonds. The number of sulfonamides is 1. The number of anilines is 1. The summed E-state index contributed by atoms with van der Waals surface area (Å²) in [4.78, 5) is 12.4. The zero-order chi connectivity index (χ0) is 18.8. The lowest BCUT2D eigenvalue weighted by molar-refractivity contribution is 0.0940. The first kappa shape index (κ1) is 19.3. The molecule has 0 spiro atoms. The molecule has 0 saturated carbocycles. The Labute approximate surface area is 153 Å². The first-order chi connectivity index (χ1) is 11.6. The molecule has 0 aliphatic heterocycles. The molecule has 0 heterocycles. The van der Waals surface area contributed by atoms with Gasteiger partial charge in [0.05, 0.1) is 23.0 Å². The Kier molecular flexibility index (Phi) is 5.75. The van der Waals surface area contributed by atoms with Gasteiger partial charge in [0.15, 0.2) is 0 Å². The number of halogens is 1. The summed E-state index contributed by atoms with van der Waals surface area (Å²) in [6.07, 6.45) is 1.04. The third-order valence-corrected chi connectivity index (χ3v) is 4.67. The molecule has 0 aliphatic carbocycles. The van der Waals surface area contributed by atoms with Gasteiger partial charge in [0.1, 0.15) is 0 Å². The number of nitrogens with one attached hydrogen (secondary N) is 2. The standard InChI is InChI=1S/C18H21ClN2O3S/c1-11-5-7-15(12(2)9-11)13(3)20-18(22)14-6-8-17(16(19)10-14)21-25(4,23)24/h5-10,13,21H,1-4H3,(H,20,22)/t13-/m1/s1. The minimum Gasteiger partial charge on any atom is -0.346 e. The molecule has 0 bridgehead atoms. The average molecular weight is 381 g/mol. The van der Waals surface area contributed by atoms with Crippen molar-refractivity contribution in [1.82, 2.24) is 5.32 Å². The molecule has 2 N–H and O–H groups in total. The van der Waals surface area contributed by atoms with Gasteiger partial charge < -0.3 is 5.32 Å². The molecule has 0 saturated heterocycles. The van der Waals surface area contributed by atoms with E-state index >= 15 is 0 Å². The lowest BCUT2D eigenvalue weighted by atomic mass is 10.00. The summed E-state index contributed by atoms with van der Waals surface area (Å²) in [5, 5.41) is 3.10. The summed E-state index contributed by atoms with van der Waals surface area (Å²) in [6, 6.07) is 10.4. The number of hydrogen-bond acceptors (Lipinski definition) is 3. The van der Waals surface area contributed by atoms with Crippen molar-refractivity contribution in [1.29, 1.82) is 0 Å². The van der Waals surface area contributed by atoms with Gasteiger partial charge in [-0.05, 0) is 50.1 Å². The van der Waals surface area contributed by atoms with E-state index in [0.29, 0.717) is 5.56 Å². The molecular weight excluding hydrogens is 360 g/mol. The van der Waals surface area contributed by atoms with Crippen molar-refractivity contribution in [2.45, 2.75) is 26.8 Å². The Morgan fingerprint density at radius 1 is 1.12 bits per heavy atom. The summed E-state index contributed by atoms with van der Waals surface area (Å²) in [6.45, 7) is 5.94. The van der Waals surface area contributed by atoms with Crippen LogP contribution in [0.25, 0.3) is 0 Å². The maximum Gasteiger partial charge on any atom is 0.251 e. The van der Waals surface area contributed by atoms with Crippen LogP contribution in [0, 0.1) is 13.8 Å². The molecule has 1 atom stereocenters. The summed E-state index contributed by atoms with van der Waals surface area (Å²) in [5.41, 5.74) is 3.92. The summed E-state index contributed by atoms with van der Waals surface area (Å²) in [7, 11) is -3.43. The van der Waals surface area contributed by atoms with E-state index in [1.165, 1.54) is 23.8 Å². The fraction of sp³-hybridized carbons (Fsp3) is 0.278. The summed E-state index contributed by atoms with van der Waals surface area (Å²) < 4.78 is 24.9. The molecule has 2 aromatic rings. The lowest BCUT2D eigenvalue weighted by Crippen LogP contribution is -2.27. The third kappa shape index (κ3) is 5.21. The van der Waals surface area contributed by atoms with Gasteiger partial charge in [0, 0.05) is 5.56 Å². The van der Waals surface area contributed by atoms with Crippen LogP contribution < -0.4 is 10.0 Å². The lowest BCUT2D eigenvalue weighted by Gasteiger charge is -2.17. The highest BCUT2D eigenvalue weighted by Gasteiger charge is 2.15. The van der Waals surface area contributed by atoms with E-state index in [-0.39, 0.29) is 22.7 Å². The second-order valence-electron chi connectivity index (χ2n) is 6.12. The minimum absolute atomic E-state index is 0.164. The van der Waals surface area contributed by atoms with Crippen molar-refractivity contribution in [3.8, 4) is 0 Å². The zero-order valence-electron chi connectivity index (χ0n) is 14.6. The number of amides is 1. The number of hydrogen-bond donors (Lipinski definition) is 2. The largest absolute Gasteiger partial charge is 0.346 e. The first-order valence-corrected chi connectivity index (χ1v) is 9.99. The van der Waals surface area contributed by atoms with Crippen LogP contribution in [0.4, 0.5) is 5.69 Å². The highest BCUT2D eigenvalue weighted by Crippen LogP contribution is 2.25. The average Bonchev–Trinajstić information content (AvgIpc) is 2.47. The molecule has 2 aromatic carbocycles. The van der Waals surface area contributed by atoms with E-state index < -0.39 is 10.0 Å². The number of benzene rings is 2. The molecule has 5 nitrogen and oxygen atoms in total. The fourth-order valence-corrected chi connectivity index (χ4v) is 3.47. The molecule has 134 valence electrons. The Morgan fingerprint density at radius 3 is 2.36 bits per heavy atom. The smallest absolute Gasteiger partial charge is 0.251 e. The maximum atomic E-state index is 12.4. The van der Waals surface area contributed by atoms with Gasteiger partial charge in [-0.1, -0.05) is 35.4 Å². The van der Waals surface area contributed by atoms with Crippen LogP contribution in [0.15, 0.2) is 36.4 Å². The van der Waals surface area contributed by atoms with Crippen molar-refractivity contribution < 1.29 is 13.2 Å². The zero-order valence-corrected chi connectivity index (χ0v) is 16.1. The topological polar surface area (TPSA) is 75.3 Å². The second kappa shape index (κ2) is 7.45. The van der Waals surface area contributed by atoms with Crippen molar-refractivity contribution in [3.63, 3.8) is 0 Å². The Balaban J connectivity index is 2.16. The van der Waals surface area contributed by atoms with Gasteiger partial charge in [-0.2, -0.15) is 0 Å². The van der Waals surface area contributed by atoms with Crippen LogP contribution in [0.5, 0.6) is 0 Å². The van der Waals surface area contributed by atoms with Gasteiger partial charge in [-0.15, -0.1) is 0 Å². The van der Waals surface area contributed by atoms with Crippen molar-refractivity contribution in [2.24, 2.45) is 0 Å². The summed E-state index contributed by atoms with van der Waals surface area (Å²) >= 11 is 6.07. The van der Waals surface area contributed by atoms with Gasteiger partial charge in [0.25, 0.3) is 5.91 Å². The van der Waals surface area contributed by atoms with Crippen LogP contribution in [0.1, 0.15) is 40.0 Å². The number of rotatable bonds is 5. The molecule has 0 aromatic heterocycles. The third-order valence-electron chi connectivity index (χ3n) is 3.77. The number of carbonyl (C=O) groups is 1. The van der Waals surface area contributed by atoms with Crippen LogP contribution >= 0.6 is 11.6 Å². The fourth-order valence-electron chi connectivity index (χ4n) is 2.61. The second-order valence-corrected chi connectivity index (χ2v) is 8.28. The molecule has 25 heavy (non-hydrogen) atoms. The molecular formula is C18H21ClN2O3S. The molecule has 7 heteroatoms. The number of carbonyl (C=O) groups excluding carboxylic acids is 1. The Morgan fingerprint density at radius 2 is 1.80 bits per heavy atom. The van der Waals surface area contributed by atoms with Crippen molar-refractivity contribution >= 4 is 33.2 Å². The van der Waals surface area contributed by atoms with Gasteiger partial charge in [-0.3, -0.25) is 9.52 Å². The van der Waals surface area contributed by atoms with Crippen LogP contribution in [-0.4, -0.2) is 20.6 Å². The van der Waals surface area contributed by atoms with E-state index in [2.05, 4.69) is 16.1 Å². The van der Waals surface area contributed by atoms with Crippen LogP contribution in [0.3, 0.4) is 0 Å². The SMILES string of the molecule is Cc1ccc([C@@H](C)NC(=O)c2ccc(NS(C)(=O)=O)c(Cl)c2)c(C)c1. The first-order valence-electron chi connectivity index (χ1n) is 7.72. The van der Waals surface area contributed by atoms with Crippen LogP contribution in [0.2, 0.25) is 5.02 Å². The van der Waals surface area contributed by atoms with Gasteiger partial charge in [0.2, 0.25) is 10.0 Å². The Bertz CT molecular complexity index is 911.